The van der Waals surface area contributed by atoms with E-state index in [0.717, 1.165) is 5.56 Å². The Morgan fingerprint density at radius 1 is 0.935 bits per heavy atom. The van der Waals surface area contributed by atoms with Crippen molar-refractivity contribution in [3.8, 4) is 0 Å². The number of hydrogen-bond acceptors (Lipinski definition) is 4. The van der Waals surface area contributed by atoms with Crippen molar-refractivity contribution in [3.63, 3.8) is 0 Å². The molecular weight excluding hydrogens is 392 g/mol. The minimum absolute atomic E-state index is 0.0728. The van der Waals surface area contributed by atoms with Gasteiger partial charge in [0.15, 0.2) is 0 Å². The van der Waals surface area contributed by atoms with Gasteiger partial charge in [-0.25, -0.2) is 0 Å². The van der Waals surface area contributed by atoms with E-state index in [1.165, 1.54) is 0 Å². The van der Waals surface area contributed by atoms with Gasteiger partial charge in [0.05, 0.1) is 6.54 Å². The lowest BCUT2D eigenvalue weighted by atomic mass is 10.1. The van der Waals surface area contributed by atoms with Gasteiger partial charge in [0.1, 0.15) is 0 Å². The summed E-state index contributed by atoms with van der Waals surface area (Å²) in [4.78, 5) is 37.8. The first-order valence-corrected chi connectivity index (χ1v) is 10.3. The van der Waals surface area contributed by atoms with E-state index in [2.05, 4.69) is 16.0 Å². The van der Waals surface area contributed by atoms with Gasteiger partial charge in [-0.15, -0.1) is 0 Å². The van der Waals surface area contributed by atoms with Gasteiger partial charge in [-0.2, -0.15) is 0 Å². The number of amides is 3. The maximum Gasteiger partial charge on any atom is 0.251 e. The van der Waals surface area contributed by atoms with Gasteiger partial charge in [0, 0.05) is 43.0 Å². The molecule has 31 heavy (non-hydrogen) atoms. The summed E-state index contributed by atoms with van der Waals surface area (Å²) in [5, 5.41) is 8.80. The molecule has 166 valence electrons. The van der Waals surface area contributed by atoms with E-state index in [0.29, 0.717) is 29.8 Å². The van der Waals surface area contributed by atoms with Crippen molar-refractivity contribution < 1.29 is 14.4 Å². The van der Waals surface area contributed by atoms with E-state index < -0.39 is 0 Å². The van der Waals surface area contributed by atoms with Crippen LogP contribution in [0.2, 0.25) is 0 Å². The minimum atomic E-state index is -0.322. The van der Waals surface area contributed by atoms with Crippen LogP contribution in [-0.2, 0) is 16.0 Å². The first-order chi connectivity index (χ1) is 14.5. The van der Waals surface area contributed by atoms with Gasteiger partial charge >= 0.3 is 0 Å². The van der Waals surface area contributed by atoms with Gasteiger partial charge in [-0.3, -0.25) is 14.4 Å². The first kappa shape index (κ1) is 23.9. The Balaban J connectivity index is 1.85. The van der Waals surface area contributed by atoms with Crippen LogP contribution in [0.25, 0.3) is 0 Å². The van der Waals surface area contributed by atoms with Crippen LogP contribution in [0.5, 0.6) is 0 Å². The molecule has 0 aliphatic carbocycles. The van der Waals surface area contributed by atoms with Crippen LogP contribution in [0.1, 0.15) is 43.1 Å². The zero-order valence-electron chi connectivity index (χ0n) is 18.9. The summed E-state index contributed by atoms with van der Waals surface area (Å²) in [7, 11) is 3.48. The fraction of sp³-hybridized carbons (Fsp3) is 0.375. The Kier molecular flexibility index (Phi) is 8.19. The van der Waals surface area contributed by atoms with Gasteiger partial charge in [0.25, 0.3) is 5.91 Å². The second-order valence-corrected chi connectivity index (χ2v) is 8.67. The molecule has 0 atom stereocenters. The highest BCUT2D eigenvalue weighted by atomic mass is 16.2. The summed E-state index contributed by atoms with van der Waals surface area (Å²) < 4.78 is 0. The molecule has 0 radical (unpaired) electrons. The van der Waals surface area contributed by atoms with Crippen molar-refractivity contribution >= 4 is 29.1 Å². The summed E-state index contributed by atoms with van der Waals surface area (Å²) in [5.74, 6) is -0.267. The number of carbonyl (C=O) groups excluding carboxylic acids is 3. The molecule has 0 fully saturated rings. The molecule has 0 spiro atoms. The van der Waals surface area contributed by atoms with Crippen LogP contribution >= 0.6 is 0 Å². The zero-order valence-corrected chi connectivity index (χ0v) is 18.9. The molecule has 0 saturated carbocycles. The predicted molar refractivity (Wildman–Crippen MR) is 124 cm³/mol. The summed E-state index contributed by atoms with van der Waals surface area (Å²) in [6, 6.07) is 14.5. The molecule has 0 aliphatic rings. The normalized spacial score (nSPS) is 10.9. The second-order valence-electron chi connectivity index (χ2n) is 8.67. The molecule has 3 N–H and O–H groups in total. The molecule has 0 saturated heterocycles. The highest BCUT2D eigenvalue weighted by Gasteiger charge is 2.15. The number of aryl methyl sites for hydroxylation is 1. The van der Waals surface area contributed by atoms with E-state index in [9.17, 15) is 14.4 Å². The molecule has 0 unspecified atom stereocenters. The lowest BCUT2D eigenvalue weighted by Crippen LogP contribution is -2.40. The first-order valence-electron chi connectivity index (χ1n) is 10.3. The van der Waals surface area contributed by atoms with Gasteiger partial charge in [-0.1, -0.05) is 18.2 Å². The zero-order chi connectivity index (χ0) is 23.0. The average Bonchev–Trinajstić information content (AvgIpc) is 2.70. The minimum Gasteiger partial charge on any atom is -0.376 e. The third-order valence-electron chi connectivity index (χ3n) is 4.43. The van der Waals surface area contributed by atoms with Crippen molar-refractivity contribution in [2.45, 2.75) is 39.2 Å². The monoisotopic (exact) mass is 424 g/mol. The van der Waals surface area contributed by atoms with E-state index in [1.54, 1.807) is 37.2 Å². The molecule has 2 rings (SSSR count). The topological polar surface area (TPSA) is 90.5 Å². The van der Waals surface area contributed by atoms with E-state index >= 15 is 0 Å². The third kappa shape index (κ3) is 8.50. The molecule has 0 heterocycles. The molecule has 2 aromatic rings. The standard InChI is InChI=1S/C24H32N4O3/c1-24(2,3)27-23(31)18-7-6-8-20(15-18)25-16-21(29)26-19-12-9-17(10-13-19)11-14-22(30)28(4)5/h6-10,12-13,15,25H,11,14,16H2,1-5H3,(H,26,29)(H,27,31). The molecule has 3 amide bonds. The third-order valence-corrected chi connectivity index (χ3v) is 4.43. The number of carbonyl (C=O) groups is 3. The van der Waals surface area contributed by atoms with Crippen molar-refractivity contribution in [1.29, 1.82) is 0 Å². The quantitative estimate of drug-likeness (QED) is 0.607. The summed E-state index contributed by atoms with van der Waals surface area (Å²) >= 11 is 0. The molecule has 7 heteroatoms. The Morgan fingerprint density at radius 2 is 1.61 bits per heavy atom. The van der Waals surface area contributed by atoms with Crippen LogP contribution in [0.15, 0.2) is 48.5 Å². The average molecular weight is 425 g/mol. The predicted octanol–water partition coefficient (Wildman–Crippen LogP) is 3.29. The van der Waals surface area contributed by atoms with Crippen molar-refractivity contribution in [2.75, 3.05) is 31.3 Å². The van der Waals surface area contributed by atoms with Gasteiger partial charge in [0.2, 0.25) is 11.8 Å². The SMILES string of the molecule is CN(C)C(=O)CCc1ccc(NC(=O)CNc2cccc(C(=O)NC(C)(C)C)c2)cc1. The number of benzene rings is 2. The number of nitrogens with zero attached hydrogens (tertiary/aromatic N) is 1. The summed E-state index contributed by atoms with van der Waals surface area (Å²) in [6.45, 7) is 5.84. The molecule has 0 bridgehead atoms. The van der Waals surface area contributed by atoms with Crippen molar-refractivity contribution in [1.82, 2.24) is 10.2 Å². The Labute approximate surface area is 184 Å². The summed E-state index contributed by atoms with van der Waals surface area (Å²) in [5.41, 5.74) is 2.63. The van der Waals surface area contributed by atoms with Crippen LogP contribution in [-0.4, -0.2) is 48.8 Å². The molecule has 7 nitrogen and oxygen atoms in total. The number of anilines is 2. The van der Waals surface area contributed by atoms with Crippen LogP contribution in [0.3, 0.4) is 0 Å². The van der Waals surface area contributed by atoms with Crippen LogP contribution < -0.4 is 16.0 Å². The summed E-state index contributed by atoms with van der Waals surface area (Å²) in [6.07, 6.45) is 1.11. The van der Waals surface area contributed by atoms with E-state index in [1.807, 2.05) is 51.1 Å². The highest BCUT2D eigenvalue weighted by Crippen LogP contribution is 2.14. The molecule has 0 aliphatic heterocycles. The van der Waals surface area contributed by atoms with Crippen LogP contribution in [0.4, 0.5) is 11.4 Å². The molecule has 0 aromatic heterocycles. The van der Waals surface area contributed by atoms with E-state index in [4.69, 9.17) is 0 Å². The van der Waals surface area contributed by atoms with Gasteiger partial charge in [-0.05, 0) is 63.1 Å². The molecular formula is C24H32N4O3. The maximum atomic E-state index is 12.3. The largest absolute Gasteiger partial charge is 0.376 e. The highest BCUT2D eigenvalue weighted by molar-refractivity contribution is 5.96. The maximum absolute atomic E-state index is 12.3. The number of hydrogen-bond donors (Lipinski definition) is 3. The van der Waals surface area contributed by atoms with Crippen molar-refractivity contribution in [2.24, 2.45) is 0 Å². The number of nitrogens with one attached hydrogen (secondary N) is 3. The fourth-order valence-electron chi connectivity index (χ4n) is 2.80. The van der Waals surface area contributed by atoms with Crippen molar-refractivity contribution in [3.05, 3.63) is 59.7 Å². The fourth-order valence-corrected chi connectivity index (χ4v) is 2.80. The Hall–Kier alpha value is -3.35. The number of rotatable bonds is 8. The Morgan fingerprint density at radius 3 is 2.23 bits per heavy atom. The van der Waals surface area contributed by atoms with Gasteiger partial charge < -0.3 is 20.9 Å². The van der Waals surface area contributed by atoms with E-state index in [-0.39, 0.29) is 29.8 Å². The second kappa shape index (κ2) is 10.6. The Bertz CT molecular complexity index is 915. The molecule has 2 aromatic carbocycles. The van der Waals surface area contributed by atoms with Crippen LogP contribution in [0, 0.1) is 0 Å². The lowest BCUT2D eigenvalue weighted by molar-refractivity contribution is -0.128. The lowest BCUT2D eigenvalue weighted by Gasteiger charge is -2.20. The smallest absolute Gasteiger partial charge is 0.251 e.